The van der Waals surface area contributed by atoms with Gasteiger partial charge in [0.1, 0.15) is 5.75 Å². The Morgan fingerprint density at radius 2 is 1.89 bits per heavy atom. The highest BCUT2D eigenvalue weighted by Crippen LogP contribution is 2.31. The van der Waals surface area contributed by atoms with Crippen LogP contribution in [0.15, 0.2) is 21.1 Å². The van der Waals surface area contributed by atoms with Crippen molar-refractivity contribution in [3.63, 3.8) is 0 Å². The summed E-state index contributed by atoms with van der Waals surface area (Å²) < 4.78 is 7.42. The van der Waals surface area contributed by atoms with E-state index in [1.807, 2.05) is 6.07 Å². The molecule has 0 spiro atoms. The van der Waals surface area contributed by atoms with Gasteiger partial charge in [0, 0.05) is 4.47 Å². The van der Waals surface area contributed by atoms with Crippen LogP contribution in [-0.4, -0.2) is 45.7 Å². The highest BCUT2D eigenvalue weighted by molar-refractivity contribution is 9.11. The van der Waals surface area contributed by atoms with Crippen LogP contribution >= 0.6 is 31.9 Å². The van der Waals surface area contributed by atoms with Crippen molar-refractivity contribution in [2.75, 3.05) is 40.8 Å². The van der Waals surface area contributed by atoms with Crippen molar-refractivity contribution in [1.82, 2.24) is 10.2 Å². The number of rotatable bonds is 8. The quantitative estimate of drug-likeness (QED) is 0.685. The Kier molecular flexibility index (Phi) is 7.99. The van der Waals surface area contributed by atoms with Crippen LogP contribution in [0, 0.1) is 0 Å². The topological polar surface area (TPSA) is 24.5 Å². The third kappa shape index (κ3) is 6.25. The lowest BCUT2D eigenvalue weighted by Gasteiger charge is -2.11. The van der Waals surface area contributed by atoms with Gasteiger partial charge in [-0.25, -0.2) is 0 Å². The third-order valence-electron chi connectivity index (χ3n) is 2.85. The molecule has 0 aliphatic rings. The van der Waals surface area contributed by atoms with Crippen molar-refractivity contribution >= 4 is 31.9 Å². The van der Waals surface area contributed by atoms with E-state index in [9.17, 15) is 0 Å². The van der Waals surface area contributed by atoms with E-state index in [0.717, 1.165) is 40.8 Å². The molecule has 0 amide bonds. The number of benzene rings is 1. The molecule has 0 fully saturated rings. The van der Waals surface area contributed by atoms with Gasteiger partial charge >= 0.3 is 0 Å². The zero-order valence-corrected chi connectivity index (χ0v) is 15.0. The van der Waals surface area contributed by atoms with Crippen LogP contribution in [-0.2, 0) is 6.42 Å². The molecule has 3 nitrogen and oxygen atoms in total. The highest BCUT2D eigenvalue weighted by atomic mass is 79.9. The van der Waals surface area contributed by atoms with Gasteiger partial charge in [0.25, 0.3) is 0 Å². The van der Waals surface area contributed by atoms with Gasteiger partial charge in [-0.3, -0.25) is 0 Å². The summed E-state index contributed by atoms with van der Waals surface area (Å²) in [5.41, 5.74) is 1.26. The summed E-state index contributed by atoms with van der Waals surface area (Å²) in [6, 6.07) is 4.12. The van der Waals surface area contributed by atoms with Gasteiger partial charge < -0.3 is 15.0 Å². The van der Waals surface area contributed by atoms with Crippen molar-refractivity contribution in [2.45, 2.75) is 12.8 Å². The normalized spacial score (nSPS) is 11.1. The average molecular weight is 394 g/mol. The Morgan fingerprint density at radius 3 is 2.53 bits per heavy atom. The van der Waals surface area contributed by atoms with Crippen LogP contribution in [0.25, 0.3) is 0 Å². The largest absolute Gasteiger partial charge is 0.496 e. The minimum absolute atomic E-state index is 0.880. The molecule has 19 heavy (non-hydrogen) atoms. The smallest absolute Gasteiger partial charge is 0.133 e. The van der Waals surface area contributed by atoms with Gasteiger partial charge in [-0.2, -0.15) is 0 Å². The summed E-state index contributed by atoms with van der Waals surface area (Å²) in [7, 11) is 5.90. The van der Waals surface area contributed by atoms with Gasteiger partial charge in [0.05, 0.1) is 11.6 Å². The van der Waals surface area contributed by atoms with Crippen LogP contribution < -0.4 is 10.1 Å². The molecule has 0 aliphatic heterocycles. The SMILES string of the molecule is COc1cc(CCNCCCN(C)C)c(Br)cc1Br. The minimum Gasteiger partial charge on any atom is -0.496 e. The lowest BCUT2D eigenvalue weighted by Crippen LogP contribution is -2.23. The van der Waals surface area contributed by atoms with Crippen molar-refractivity contribution < 1.29 is 4.74 Å². The first kappa shape index (κ1) is 17.0. The molecular formula is C14H22Br2N2O. The van der Waals surface area contributed by atoms with Crippen LogP contribution in [0.4, 0.5) is 0 Å². The standard InChI is InChI=1S/C14H22Br2N2O/c1-18(2)8-4-6-17-7-5-11-9-14(19-3)13(16)10-12(11)15/h9-10,17H,4-8H2,1-3H3. The third-order valence-corrected chi connectivity index (χ3v) is 4.21. The van der Waals surface area contributed by atoms with Gasteiger partial charge in [-0.15, -0.1) is 0 Å². The Labute approximate surface area is 133 Å². The summed E-state index contributed by atoms with van der Waals surface area (Å²) in [6.45, 7) is 3.17. The maximum Gasteiger partial charge on any atom is 0.133 e. The molecule has 1 N–H and O–H groups in total. The van der Waals surface area contributed by atoms with Crippen LogP contribution in [0.3, 0.4) is 0 Å². The predicted octanol–water partition coefficient (Wildman–Crippen LogP) is 3.30. The molecule has 0 aromatic heterocycles. The second-order valence-corrected chi connectivity index (χ2v) is 6.44. The first-order chi connectivity index (χ1) is 9.04. The van der Waals surface area contributed by atoms with Crippen LogP contribution in [0.5, 0.6) is 5.75 Å². The van der Waals surface area contributed by atoms with Gasteiger partial charge in [-0.05, 0) is 80.2 Å². The average Bonchev–Trinajstić information content (AvgIpc) is 2.35. The monoisotopic (exact) mass is 392 g/mol. The molecule has 1 rings (SSSR count). The summed E-state index contributed by atoms with van der Waals surface area (Å²) >= 11 is 7.07. The molecule has 5 heteroatoms. The van der Waals surface area contributed by atoms with Crippen LogP contribution in [0.2, 0.25) is 0 Å². The fourth-order valence-electron chi connectivity index (χ4n) is 1.79. The van der Waals surface area contributed by atoms with Gasteiger partial charge in [0.15, 0.2) is 0 Å². The fraction of sp³-hybridized carbons (Fsp3) is 0.571. The van der Waals surface area contributed by atoms with Gasteiger partial charge in [0.2, 0.25) is 0 Å². The number of nitrogens with one attached hydrogen (secondary N) is 1. The summed E-state index contributed by atoms with van der Waals surface area (Å²) in [5, 5.41) is 3.47. The Bertz CT molecular complexity index is 397. The number of hydrogen-bond donors (Lipinski definition) is 1. The molecule has 0 heterocycles. The second-order valence-electron chi connectivity index (χ2n) is 4.73. The van der Waals surface area contributed by atoms with Crippen LogP contribution in [0.1, 0.15) is 12.0 Å². The maximum atomic E-state index is 5.32. The van der Waals surface area contributed by atoms with E-state index in [2.05, 4.69) is 62.2 Å². The second kappa shape index (κ2) is 8.95. The molecule has 1 aromatic carbocycles. The van der Waals surface area contributed by atoms with E-state index in [4.69, 9.17) is 4.74 Å². The molecule has 0 saturated heterocycles. The Morgan fingerprint density at radius 1 is 1.16 bits per heavy atom. The Balaban J connectivity index is 2.37. The molecule has 0 bridgehead atoms. The molecule has 0 saturated carbocycles. The van der Waals surface area contributed by atoms with Crippen molar-refractivity contribution in [2.24, 2.45) is 0 Å². The predicted molar refractivity (Wildman–Crippen MR) is 88.1 cm³/mol. The number of halogens is 2. The minimum atomic E-state index is 0.880. The highest BCUT2D eigenvalue weighted by Gasteiger charge is 2.06. The van der Waals surface area contributed by atoms with E-state index in [1.165, 1.54) is 12.0 Å². The zero-order chi connectivity index (χ0) is 14.3. The molecule has 0 atom stereocenters. The van der Waals surface area contributed by atoms with Crippen molar-refractivity contribution in [3.8, 4) is 5.75 Å². The number of hydrogen-bond acceptors (Lipinski definition) is 3. The lowest BCUT2D eigenvalue weighted by molar-refractivity contribution is 0.395. The van der Waals surface area contributed by atoms with Crippen molar-refractivity contribution in [3.05, 3.63) is 26.6 Å². The lowest BCUT2D eigenvalue weighted by atomic mass is 10.1. The molecule has 1 aromatic rings. The van der Waals surface area contributed by atoms with E-state index in [1.54, 1.807) is 7.11 Å². The molecule has 0 unspecified atom stereocenters. The first-order valence-electron chi connectivity index (χ1n) is 6.42. The Hall–Kier alpha value is -0.100. The molecular weight excluding hydrogens is 372 g/mol. The van der Waals surface area contributed by atoms with E-state index >= 15 is 0 Å². The number of nitrogens with zero attached hydrogens (tertiary/aromatic N) is 1. The molecule has 0 aliphatic carbocycles. The number of methoxy groups -OCH3 is 1. The molecule has 0 radical (unpaired) electrons. The summed E-state index contributed by atoms with van der Waals surface area (Å²) in [4.78, 5) is 2.21. The van der Waals surface area contributed by atoms with E-state index in [0.29, 0.717) is 0 Å². The van der Waals surface area contributed by atoms with E-state index < -0.39 is 0 Å². The van der Waals surface area contributed by atoms with Crippen molar-refractivity contribution in [1.29, 1.82) is 0 Å². The van der Waals surface area contributed by atoms with Gasteiger partial charge in [-0.1, -0.05) is 15.9 Å². The summed E-state index contributed by atoms with van der Waals surface area (Å²) in [5.74, 6) is 0.880. The first-order valence-corrected chi connectivity index (χ1v) is 8.00. The fourth-order valence-corrected chi connectivity index (χ4v) is 3.14. The summed E-state index contributed by atoms with van der Waals surface area (Å²) in [6.07, 6.45) is 2.17. The molecule has 108 valence electrons. The zero-order valence-electron chi connectivity index (χ0n) is 11.8. The maximum absolute atomic E-state index is 5.32. The van der Waals surface area contributed by atoms with E-state index in [-0.39, 0.29) is 0 Å². The number of ether oxygens (including phenoxy) is 1.